The van der Waals surface area contributed by atoms with E-state index in [1.54, 1.807) is 0 Å². The lowest BCUT2D eigenvalue weighted by Gasteiger charge is -2.40. The van der Waals surface area contributed by atoms with Gasteiger partial charge in [0.05, 0.1) is 28.9 Å². The van der Waals surface area contributed by atoms with E-state index in [1.165, 1.54) is 6.07 Å². The number of carbonyl (C=O) groups is 2. The maximum Gasteiger partial charge on any atom is 0.494 e. The van der Waals surface area contributed by atoms with Gasteiger partial charge in [0.1, 0.15) is 0 Å². The van der Waals surface area contributed by atoms with Crippen LogP contribution in [0.1, 0.15) is 81.3 Å². The topological polar surface area (TPSA) is 100 Å². The van der Waals surface area contributed by atoms with E-state index in [-0.39, 0.29) is 24.1 Å². The average molecular weight is 616 g/mol. The zero-order valence-electron chi connectivity index (χ0n) is 25.7. The van der Waals surface area contributed by atoms with E-state index in [0.29, 0.717) is 25.4 Å². The minimum absolute atomic E-state index is 0.0868. The van der Waals surface area contributed by atoms with Crippen molar-refractivity contribution >= 4 is 24.4 Å². The number of alkyl halides is 3. The number of aliphatic hydroxyl groups is 1. The molecule has 2 aliphatic heterocycles. The van der Waals surface area contributed by atoms with Crippen LogP contribution in [0.3, 0.4) is 0 Å². The van der Waals surface area contributed by atoms with Crippen LogP contribution in [0.15, 0.2) is 48.5 Å². The third-order valence-electron chi connectivity index (χ3n) is 9.72. The van der Waals surface area contributed by atoms with Gasteiger partial charge in [-0.15, -0.1) is 0 Å². The highest BCUT2D eigenvalue weighted by Gasteiger charge is 2.51. The quantitative estimate of drug-likeness (QED) is 0.411. The summed E-state index contributed by atoms with van der Waals surface area (Å²) in [5.41, 5.74) is -1.02. The van der Waals surface area contributed by atoms with E-state index in [4.69, 9.17) is 9.31 Å². The summed E-state index contributed by atoms with van der Waals surface area (Å²) in [4.78, 5) is 27.1. The highest BCUT2D eigenvalue weighted by molar-refractivity contribution is 6.62. The minimum Gasteiger partial charge on any atom is -0.399 e. The number of benzene rings is 2. The van der Waals surface area contributed by atoms with Gasteiger partial charge in [-0.3, -0.25) is 14.5 Å². The lowest BCUT2D eigenvalue weighted by Crippen LogP contribution is -2.45. The first-order valence-corrected chi connectivity index (χ1v) is 15.2. The monoisotopic (exact) mass is 615 g/mol. The average Bonchev–Trinajstić information content (AvgIpc) is 3.52. The van der Waals surface area contributed by atoms with Crippen LogP contribution in [0.2, 0.25) is 0 Å². The number of likely N-dealkylation sites (tertiary alicyclic amines) is 1. The van der Waals surface area contributed by atoms with Crippen LogP contribution in [0.5, 0.6) is 0 Å². The molecule has 2 heterocycles. The molecule has 0 aromatic heterocycles. The van der Waals surface area contributed by atoms with Gasteiger partial charge in [-0.25, -0.2) is 0 Å². The third-order valence-corrected chi connectivity index (χ3v) is 9.72. The molecule has 0 spiro atoms. The molecule has 2 aromatic carbocycles. The summed E-state index contributed by atoms with van der Waals surface area (Å²) >= 11 is 0. The first-order chi connectivity index (χ1) is 20.6. The van der Waals surface area contributed by atoms with Gasteiger partial charge in [-0.2, -0.15) is 13.2 Å². The van der Waals surface area contributed by atoms with Crippen LogP contribution in [0, 0.1) is 0 Å². The molecule has 238 valence electrons. The Morgan fingerprint density at radius 2 is 1.64 bits per heavy atom. The summed E-state index contributed by atoms with van der Waals surface area (Å²) in [5, 5.41) is 16.8. The lowest BCUT2D eigenvalue weighted by atomic mass is 9.74. The van der Waals surface area contributed by atoms with E-state index < -0.39 is 41.6 Å². The maximum atomic E-state index is 12.9. The number of halogens is 3. The molecule has 0 bridgehead atoms. The Labute approximate surface area is 256 Å². The number of amides is 2. The molecule has 44 heavy (non-hydrogen) atoms. The highest BCUT2D eigenvalue weighted by Crippen LogP contribution is 2.40. The lowest BCUT2D eigenvalue weighted by molar-refractivity contribution is -0.137. The number of hydrogen-bond acceptors (Lipinski definition) is 6. The van der Waals surface area contributed by atoms with Crippen LogP contribution in [-0.2, 0) is 25.9 Å². The molecule has 0 radical (unpaired) electrons. The number of nitrogens with zero attached hydrogens (tertiary/aromatic N) is 1. The SMILES string of the molecule is CC1(C)OB(c2ccc([C@]3(O)CC[C@H](N4CC[C@@H](NC(=O)CNC(=O)c5cccc(C(F)(F)F)c5)C4)CC3)cc2)OC1(C)C. The van der Waals surface area contributed by atoms with Crippen molar-refractivity contribution in [3.05, 3.63) is 65.2 Å². The van der Waals surface area contributed by atoms with Crippen LogP contribution in [0.4, 0.5) is 13.2 Å². The summed E-state index contributed by atoms with van der Waals surface area (Å²) in [6.07, 6.45) is -0.896. The largest absolute Gasteiger partial charge is 0.494 e. The highest BCUT2D eigenvalue weighted by atomic mass is 19.4. The molecule has 1 aliphatic carbocycles. The third kappa shape index (κ3) is 6.98. The summed E-state index contributed by atoms with van der Waals surface area (Å²) in [5.74, 6) is -1.13. The number of nitrogens with one attached hydrogen (secondary N) is 2. The normalized spacial score (nSPS) is 26.9. The van der Waals surface area contributed by atoms with Crippen molar-refractivity contribution in [2.24, 2.45) is 0 Å². The molecule has 2 amide bonds. The Hall–Kier alpha value is -2.93. The van der Waals surface area contributed by atoms with Crippen molar-refractivity contribution in [2.45, 2.75) is 94.9 Å². The van der Waals surface area contributed by atoms with E-state index in [2.05, 4.69) is 15.5 Å². The van der Waals surface area contributed by atoms with Gasteiger partial charge in [-0.1, -0.05) is 30.3 Å². The fourth-order valence-corrected chi connectivity index (χ4v) is 6.28. The Kier molecular flexibility index (Phi) is 8.94. The molecule has 8 nitrogen and oxygen atoms in total. The molecule has 2 saturated heterocycles. The van der Waals surface area contributed by atoms with Crippen LogP contribution in [-0.4, -0.2) is 71.9 Å². The molecule has 3 aliphatic rings. The van der Waals surface area contributed by atoms with Crippen LogP contribution < -0.4 is 16.1 Å². The standard InChI is InChI=1S/C32H41BF3N3O5/c1-29(2)30(3,4)44-33(43-29)24-10-8-22(9-11-24)31(42)15-12-26(13-16-31)39-17-14-25(20-39)38-27(40)19-37-28(41)21-6-5-7-23(18-21)32(34,35)36/h5-11,18,25-26,42H,12-17,19-20H2,1-4H3,(H,37,41)(H,38,40)/t25-,26-,31-/m1/s1. The van der Waals surface area contributed by atoms with E-state index in [9.17, 15) is 27.9 Å². The Morgan fingerprint density at radius 3 is 2.25 bits per heavy atom. The van der Waals surface area contributed by atoms with Gasteiger partial charge in [0.25, 0.3) is 5.91 Å². The van der Waals surface area contributed by atoms with Crippen molar-refractivity contribution in [2.75, 3.05) is 19.6 Å². The summed E-state index contributed by atoms with van der Waals surface area (Å²) in [6.45, 7) is 9.24. The first kappa shape index (κ1) is 32.5. The van der Waals surface area contributed by atoms with Crippen molar-refractivity contribution in [1.29, 1.82) is 0 Å². The molecular formula is C32H41BF3N3O5. The minimum atomic E-state index is -4.55. The van der Waals surface area contributed by atoms with E-state index in [1.807, 2.05) is 52.0 Å². The predicted molar refractivity (Wildman–Crippen MR) is 160 cm³/mol. The van der Waals surface area contributed by atoms with E-state index in [0.717, 1.165) is 55.0 Å². The maximum absolute atomic E-state index is 12.9. The second kappa shape index (κ2) is 12.1. The van der Waals surface area contributed by atoms with Gasteiger partial charge >= 0.3 is 13.3 Å². The molecule has 3 N–H and O–H groups in total. The molecule has 2 aromatic rings. The van der Waals surface area contributed by atoms with Crippen LogP contribution >= 0.6 is 0 Å². The predicted octanol–water partition coefficient (Wildman–Crippen LogP) is 3.76. The molecular weight excluding hydrogens is 574 g/mol. The molecule has 1 saturated carbocycles. The number of rotatable bonds is 7. The summed E-state index contributed by atoms with van der Waals surface area (Å²) in [6, 6.07) is 12.2. The zero-order chi connectivity index (χ0) is 31.9. The fourth-order valence-electron chi connectivity index (χ4n) is 6.28. The first-order valence-electron chi connectivity index (χ1n) is 15.2. The number of hydrogen-bond donors (Lipinski definition) is 3. The zero-order valence-corrected chi connectivity index (χ0v) is 25.7. The van der Waals surface area contributed by atoms with Crippen molar-refractivity contribution < 1.29 is 37.2 Å². The Balaban J connectivity index is 1.06. The Bertz CT molecular complexity index is 1340. The van der Waals surface area contributed by atoms with Crippen LogP contribution in [0.25, 0.3) is 0 Å². The molecule has 12 heteroatoms. The van der Waals surface area contributed by atoms with Crippen molar-refractivity contribution in [3.8, 4) is 0 Å². The van der Waals surface area contributed by atoms with Gasteiger partial charge in [0.15, 0.2) is 0 Å². The second-order valence-corrected chi connectivity index (χ2v) is 13.3. The molecule has 3 fully saturated rings. The molecule has 5 rings (SSSR count). The van der Waals surface area contributed by atoms with Crippen molar-refractivity contribution in [1.82, 2.24) is 15.5 Å². The second-order valence-electron chi connectivity index (χ2n) is 13.3. The van der Waals surface area contributed by atoms with Gasteiger partial charge in [-0.05, 0) is 89.0 Å². The summed E-state index contributed by atoms with van der Waals surface area (Å²) < 4.78 is 51.1. The van der Waals surface area contributed by atoms with Gasteiger partial charge < -0.3 is 25.0 Å². The molecule has 0 unspecified atom stereocenters. The molecule has 1 atom stereocenters. The fraction of sp³-hybridized carbons (Fsp3) is 0.562. The van der Waals surface area contributed by atoms with Crippen molar-refractivity contribution in [3.63, 3.8) is 0 Å². The smallest absolute Gasteiger partial charge is 0.399 e. The van der Waals surface area contributed by atoms with E-state index >= 15 is 0 Å². The van der Waals surface area contributed by atoms with Gasteiger partial charge in [0, 0.05) is 30.7 Å². The summed E-state index contributed by atoms with van der Waals surface area (Å²) in [7, 11) is -0.449. The van der Waals surface area contributed by atoms with Gasteiger partial charge in [0.2, 0.25) is 5.91 Å². The number of carbonyl (C=O) groups excluding carboxylic acids is 2. The Morgan fingerprint density at radius 1 is 1.00 bits per heavy atom.